The summed E-state index contributed by atoms with van der Waals surface area (Å²) in [6, 6.07) is -6.28. The summed E-state index contributed by atoms with van der Waals surface area (Å²) in [5, 5.41) is 33.4. The smallest absolute Gasteiger partial charge is 0.328 e. The number of carbonyl (C=O) groups is 6. The van der Waals surface area contributed by atoms with Crippen molar-refractivity contribution in [3.05, 3.63) is 0 Å². The van der Waals surface area contributed by atoms with Gasteiger partial charge in [0.15, 0.2) is 6.04 Å². The number of hydrogen-bond acceptors (Lipinski definition) is 9. The standard InChI is InChI=1S/C15H25N5O9S/c1-5(21)11(15(28)29)20-14(27)8(3-10(23)24)19-13(26)7(2-9(17)22)18-12(25)6(16)4-30/h5-8,11,21,30H,2-4,16H2,1H3,(H2,17,22)(H,18,25)(H,19,26)(H,20,27)(H,23,24)(H,28,29). The molecule has 0 saturated carbocycles. The van der Waals surface area contributed by atoms with Crippen molar-refractivity contribution in [2.24, 2.45) is 11.5 Å². The highest BCUT2D eigenvalue weighted by Crippen LogP contribution is 2.01. The number of nitrogens with two attached hydrogens (primary N) is 2. The Morgan fingerprint density at radius 1 is 0.900 bits per heavy atom. The Hall–Kier alpha value is -2.91. The molecule has 10 N–H and O–H groups in total. The molecule has 0 aromatic carbocycles. The number of amides is 4. The third-order valence-electron chi connectivity index (χ3n) is 3.63. The molecule has 0 rings (SSSR count). The quantitative estimate of drug-likeness (QED) is 0.121. The first kappa shape index (κ1) is 27.1. The monoisotopic (exact) mass is 451 g/mol. The summed E-state index contributed by atoms with van der Waals surface area (Å²) in [6.45, 7) is 1.08. The van der Waals surface area contributed by atoms with Gasteiger partial charge in [0.25, 0.3) is 0 Å². The van der Waals surface area contributed by atoms with Crippen LogP contribution < -0.4 is 27.4 Å². The SMILES string of the molecule is CC(O)C(NC(=O)C(CC(=O)O)NC(=O)C(CC(N)=O)NC(=O)C(N)CS)C(=O)O. The van der Waals surface area contributed by atoms with E-state index in [1.165, 1.54) is 0 Å². The molecule has 0 aliphatic carbocycles. The predicted molar refractivity (Wildman–Crippen MR) is 103 cm³/mol. The van der Waals surface area contributed by atoms with E-state index in [9.17, 15) is 33.9 Å². The number of rotatable bonds is 13. The van der Waals surface area contributed by atoms with Gasteiger partial charge in [-0.1, -0.05) is 0 Å². The lowest BCUT2D eigenvalue weighted by atomic mass is 10.1. The number of primary amides is 1. The van der Waals surface area contributed by atoms with Crippen LogP contribution in [0.15, 0.2) is 0 Å². The Labute approximate surface area is 176 Å². The second kappa shape index (κ2) is 12.6. The van der Waals surface area contributed by atoms with E-state index in [1.54, 1.807) is 0 Å². The Balaban J connectivity index is 5.51. The van der Waals surface area contributed by atoms with Crippen molar-refractivity contribution < 1.29 is 44.1 Å². The maximum atomic E-state index is 12.4. The Kier molecular flexibility index (Phi) is 11.4. The van der Waals surface area contributed by atoms with Crippen LogP contribution in [0.3, 0.4) is 0 Å². The number of hydrogen-bond donors (Lipinski definition) is 9. The fourth-order valence-electron chi connectivity index (χ4n) is 2.07. The van der Waals surface area contributed by atoms with Crippen LogP contribution in [0.25, 0.3) is 0 Å². The van der Waals surface area contributed by atoms with E-state index >= 15 is 0 Å². The van der Waals surface area contributed by atoms with E-state index in [4.69, 9.17) is 21.7 Å². The van der Waals surface area contributed by atoms with E-state index in [2.05, 4.69) is 17.9 Å². The van der Waals surface area contributed by atoms with Crippen molar-refractivity contribution in [1.82, 2.24) is 16.0 Å². The van der Waals surface area contributed by atoms with E-state index in [0.29, 0.717) is 0 Å². The molecule has 5 unspecified atom stereocenters. The van der Waals surface area contributed by atoms with Gasteiger partial charge >= 0.3 is 11.9 Å². The number of aliphatic hydroxyl groups excluding tert-OH is 1. The molecule has 0 bridgehead atoms. The summed E-state index contributed by atoms with van der Waals surface area (Å²) in [4.78, 5) is 69.9. The summed E-state index contributed by atoms with van der Waals surface area (Å²) < 4.78 is 0. The average Bonchev–Trinajstić information content (AvgIpc) is 2.62. The fraction of sp³-hybridized carbons (Fsp3) is 0.600. The van der Waals surface area contributed by atoms with Crippen LogP contribution in [0.1, 0.15) is 19.8 Å². The molecule has 0 spiro atoms. The highest BCUT2D eigenvalue weighted by Gasteiger charge is 2.33. The van der Waals surface area contributed by atoms with Crippen molar-refractivity contribution >= 4 is 48.2 Å². The van der Waals surface area contributed by atoms with Crippen molar-refractivity contribution in [2.75, 3.05) is 5.75 Å². The van der Waals surface area contributed by atoms with Crippen LogP contribution in [-0.4, -0.2) is 86.9 Å². The van der Waals surface area contributed by atoms with Crippen LogP contribution in [0.4, 0.5) is 0 Å². The summed E-state index contributed by atoms with van der Waals surface area (Å²) in [5.41, 5.74) is 10.5. The van der Waals surface area contributed by atoms with Crippen LogP contribution in [0, 0.1) is 0 Å². The van der Waals surface area contributed by atoms with Gasteiger partial charge in [0.05, 0.1) is 25.0 Å². The number of nitrogens with one attached hydrogen (secondary N) is 3. The zero-order chi connectivity index (χ0) is 23.6. The largest absolute Gasteiger partial charge is 0.481 e. The summed E-state index contributed by atoms with van der Waals surface area (Å²) in [6.07, 6.45) is -3.18. The molecule has 0 aromatic rings. The number of aliphatic carboxylic acids is 2. The van der Waals surface area contributed by atoms with Crippen molar-refractivity contribution in [2.45, 2.75) is 50.0 Å². The molecule has 0 heterocycles. The number of carboxylic acids is 2. The minimum absolute atomic E-state index is 0.0866. The molecule has 0 aromatic heterocycles. The van der Waals surface area contributed by atoms with Crippen LogP contribution in [0.5, 0.6) is 0 Å². The van der Waals surface area contributed by atoms with Gasteiger partial charge < -0.3 is 42.7 Å². The van der Waals surface area contributed by atoms with Crippen LogP contribution in [0.2, 0.25) is 0 Å². The number of carboxylic acid groups (broad SMARTS) is 2. The third kappa shape index (κ3) is 9.53. The van der Waals surface area contributed by atoms with Gasteiger partial charge in [-0.25, -0.2) is 4.79 Å². The number of carbonyl (C=O) groups excluding carboxylic acids is 4. The lowest BCUT2D eigenvalue weighted by Crippen LogP contribution is -2.59. The normalized spacial score (nSPS) is 15.6. The molecule has 0 aliphatic heterocycles. The molecular weight excluding hydrogens is 426 g/mol. The highest BCUT2D eigenvalue weighted by atomic mass is 32.1. The third-order valence-corrected chi connectivity index (χ3v) is 4.02. The Morgan fingerprint density at radius 3 is 1.77 bits per heavy atom. The first-order valence-electron chi connectivity index (χ1n) is 8.48. The van der Waals surface area contributed by atoms with E-state index in [1.807, 2.05) is 10.6 Å². The van der Waals surface area contributed by atoms with Crippen molar-refractivity contribution in [3.8, 4) is 0 Å². The van der Waals surface area contributed by atoms with Crippen molar-refractivity contribution in [3.63, 3.8) is 0 Å². The maximum Gasteiger partial charge on any atom is 0.328 e. The van der Waals surface area contributed by atoms with Gasteiger partial charge in [0, 0.05) is 5.75 Å². The minimum Gasteiger partial charge on any atom is -0.481 e. The van der Waals surface area contributed by atoms with Crippen molar-refractivity contribution in [1.29, 1.82) is 0 Å². The first-order valence-corrected chi connectivity index (χ1v) is 9.11. The number of aliphatic hydroxyl groups is 1. The molecule has 0 radical (unpaired) electrons. The van der Waals surface area contributed by atoms with E-state index in [0.717, 1.165) is 6.92 Å². The molecule has 4 amide bonds. The van der Waals surface area contributed by atoms with Gasteiger partial charge in [-0.2, -0.15) is 12.6 Å². The maximum absolute atomic E-state index is 12.4. The molecular formula is C15H25N5O9S. The topological polar surface area (TPSA) is 251 Å². The van der Waals surface area contributed by atoms with E-state index < -0.39 is 78.7 Å². The second-order valence-electron chi connectivity index (χ2n) is 6.24. The van der Waals surface area contributed by atoms with Gasteiger partial charge in [-0.15, -0.1) is 0 Å². The number of thiol groups is 1. The molecule has 170 valence electrons. The minimum atomic E-state index is -1.79. The van der Waals surface area contributed by atoms with Crippen LogP contribution >= 0.6 is 12.6 Å². The van der Waals surface area contributed by atoms with Gasteiger partial charge in [-0.05, 0) is 6.92 Å². The zero-order valence-electron chi connectivity index (χ0n) is 15.9. The molecule has 5 atom stereocenters. The Bertz CT molecular complexity index is 687. The molecule has 0 saturated heterocycles. The molecule has 14 nitrogen and oxygen atoms in total. The highest BCUT2D eigenvalue weighted by molar-refractivity contribution is 7.80. The van der Waals surface area contributed by atoms with Crippen LogP contribution in [-0.2, 0) is 28.8 Å². The average molecular weight is 451 g/mol. The predicted octanol–water partition coefficient (Wildman–Crippen LogP) is -4.49. The lowest BCUT2D eigenvalue weighted by Gasteiger charge is -2.24. The van der Waals surface area contributed by atoms with Gasteiger partial charge in [-0.3, -0.25) is 24.0 Å². The molecule has 0 fully saturated rings. The second-order valence-corrected chi connectivity index (χ2v) is 6.61. The van der Waals surface area contributed by atoms with Gasteiger partial charge in [0.2, 0.25) is 23.6 Å². The van der Waals surface area contributed by atoms with E-state index in [-0.39, 0.29) is 5.75 Å². The Morgan fingerprint density at radius 2 is 1.37 bits per heavy atom. The summed E-state index contributed by atoms with van der Waals surface area (Å²) in [5.74, 6) is -7.42. The fourth-order valence-corrected chi connectivity index (χ4v) is 2.24. The molecule has 0 aliphatic rings. The summed E-state index contributed by atoms with van der Waals surface area (Å²) in [7, 11) is 0. The van der Waals surface area contributed by atoms with Gasteiger partial charge in [0.1, 0.15) is 12.1 Å². The molecule has 30 heavy (non-hydrogen) atoms. The first-order chi connectivity index (χ1) is 13.8. The molecule has 15 heteroatoms. The lowest BCUT2D eigenvalue weighted by molar-refractivity contribution is -0.146. The summed E-state index contributed by atoms with van der Waals surface area (Å²) >= 11 is 3.82. The zero-order valence-corrected chi connectivity index (χ0v) is 16.8.